The Morgan fingerprint density at radius 3 is 2.65 bits per heavy atom. The summed E-state index contributed by atoms with van der Waals surface area (Å²) in [6.45, 7) is 3.76. The monoisotopic (exact) mass is 224 g/mol. The van der Waals surface area contributed by atoms with Crippen LogP contribution in [0, 0.1) is 11.8 Å². The van der Waals surface area contributed by atoms with Gasteiger partial charge in [-0.3, -0.25) is 4.79 Å². The lowest BCUT2D eigenvalue weighted by molar-refractivity contribution is 0.0996. The molecule has 0 atom stereocenters. The van der Waals surface area contributed by atoms with E-state index >= 15 is 0 Å². The molecule has 0 heterocycles. The summed E-state index contributed by atoms with van der Waals surface area (Å²) >= 11 is 0. The highest BCUT2D eigenvalue weighted by atomic mass is 16.1. The van der Waals surface area contributed by atoms with Gasteiger partial charge in [0.1, 0.15) is 0 Å². The van der Waals surface area contributed by atoms with Gasteiger partial charge in [0.05, 0.1) is 0 Å². The molecule has 0 saturated carbocycles. The molecule has 1 nitrogen and oxygen atoms in total. The van der Waals surface area contributed by atoms with Crippen LogP contribution in [0.5, 0.6) is 0 Å². The molecule has 1 rings (SSSR count). The van der Waals surface area contributed by atoms with Crippen LogP contribution in [0.25, 0.3) is 0 Å². The van der Waals surface area contributed by atoms with E-state index in [9.17, 15) is 4.79 Å². The molecular weight excluding hydrogens is 208 g/mol. The molecule has 17 heavy (non-hydrogen) atoms. The molecule has 0 N–H and O–H groups in total. The van der Waals surface area contributed by atoms with Crippen molar-refractivity contribution in [3.8, 4) is 11.8 Å². The van der Waals surface area contributed by atoms with E-state index < -0.39 is 0 Å². The minimum absolute atomic E-state index is 0.135. The van der Waals surface area contributed by atoms with E-state index in [2.05, 4.69) is 11.8 Å². The molecule has 0 amide bonds. The van der Waals surface area contributed by atoms with Gasteiger partial charge >= 0.3 is 0 Å². The van der Waals surface area contributed by atoms with E-state index in [1.54, 1.807) is 6.92 Å². The first-order valence-electron chi connectivity index (χ1n) is 5.58. The van der Waals surface area contributed by atoms with E-state index in [4.69, 9.17) is 0 Å². The third-order valence-corrected chi connectivity index (χ3v) is 2.22. The normalized spacial score (nSPS) is 11.1. The number of hydrogen-bond donors (Lipinski definition) is 0. The van der Waals surface area contributed by atoms with Gasteiger partial charge in [-0.05, 0) is 25.5 Å². The summed E-state index contributed by atoms with van der Waals surface area (Å²) in [6.07, 6.45) is 6.06. The molecule has 0 aliphatic heterocycles. The van der Waals surface area contributed by atoms with Gasteiger partial charge in [-0.2, -0.15) is 0 Å². The van der Waals surface area contributed by atoms with Crippen LogP contribution < -0.4 is 0 Å². The van der Waals surface area contributed by atoms with Crippen LogP contribution >= 0.6 is 0 Å². The fraction of sp³-hybridized carbons (Fsp3) is 0.188. The van der Waals surface area contributed by atoms with Crippen LogP contribution in [0.15, 0.2) is 54.1 Å². The number of allylic oxidation sites excluding steroid dienone is 4. The van der Waals surface area contributed by atoms with Gasteiger partial charge in [0.2, 0.25) is 0 Å². The van der Waals surface area contributed by atoms with E-state index in [1.807, 2.05) is 55.5 Å². The molecule has 0 aliphatic carbocycles. The standard InChI is InChI=1S/C16H16O/c1-3-4-9-14(2)10-8-13-16(17)15-11-6-5-7-12-15/h5-12H,13H2,1-2H3/b10-8-,14-9-. The highest BCUT2D eigenvalue weighted by Gasteiger charge is 2.00. The minimum Gasteiger partial charge on any atom is -0.294 e. The first-order chi connectivity index (χ1) is 8.24. The van der Waals surface area contributed by atoms with Gasteiger partial charge in [-0.1, -0.05) is 48.4 Å². The van der Waals surface area contributed by atoms with Crippen molar-refractivity contribution < 1.29 is 4.79 Å². The average molecular weight is 224 g/mol. The molecule has 0 aromatic heterocycles. The zero-order valence-electron chi connectivity index (χ0n) is 10.2. The zero-order chi connectivity index (χ0) is 12.5. The number of benzene rings is 1. The van der Waals surface area contributed by atoms with Crippen molar-refractivity contribution >= 4 is 5.78 Å². The van der Waals surface area contributed by atoms with Gasteiger partial charge in [-0.25, -0.2) is 0 Å². The van der Waals surface area contributed by atoms with Gasteiger partial charge < -0.3 is 0 Å². The molecule has 0 saturated heterocycles. The Labute approximate surface area is 103 Å². The minimum atomic E-state index is 0.135. The lowest BCUT2D eigenvalue weighted by Crippen LogP contribution is -1.95. The number of carbonyl (C=O) groups is 1. The highest BCUT2D eigenvalue weighted by Crippen LogP contribution is 2.04. The molecule has 0 spiro atoms. The van der Waals surface area contributed by atoms with Crippen molar-refractivity contribution in [2.75, 3.05) is 0 Å². The molecule has 0 unspecified atom stereocenters. The first kappa shape index (κ1) is 13.0. The Bertz CT molecular complexity index is 481. The van der Waals surface area contributed by atoms with Gasteiger partial charge in [0, 0.05) is 12.0 Å². The van der Waals surface area contributed by atoms with Gasteiger partial charge in [0.25, 0.3) is 0 Å². The second-order valence-corrected chi connectivity index (χ2v) is 3.68. The Morgan fingerprint density at radius 2 is 2.00 bits per heavy atom. The molecule has 1 heteroatoms. The smallest absolute Gasteiger partial charge is 0.166 e. The third-order valence-electron chi connectivity index (χ3n) is 2.22. The topological polar surface area (TPSA) is 17.1 Å². The van der Waals surface area contributed by atoms with Crippen molar-refractivity contribution in [1.29, 1.82) is 0 Å². The van der Waals surface area contributed by atoms with Crippen molar-refractivity contribution in [2.24, 2.45) is 0 Å². The predicted molar refractivity (Wildman–Crippen MR) is 71.7 cm³/mol. The molecule has 0 fully saturated rings. The van der Waals surface area contributed by atoms with Crippen molar-refractivity contribution in [3.05, 3.63) is 59.7 Å². The quantitative estimate of drug-likeness (QED) is 0.432. The summed E-state index contributed by atoms with van der Waals surface area (Å²) in [5, 5.41) is 0. The lowest BCUT2D eigenvalue weighted by atomic mass is 10.1. The number of hydrogen-bond acceptors (Lipinski definition) is 1. The fourth-order valence-electron chi connectivity index (χ4n) is 1.33. The van der Waals surface area contributed by atoms with Crippen LogP contribution in [-0.4, -0.2) is 5.78 Å². The summed E-state index contributed by atoms with van der Waals surface area (Å²) in [5.74, 6) is 5.80. The second kappa shape index (κ2) is 7.24. The molecule has 86 valence electrons. The third kappa shape index (κ3) is 4.99. The Kier molecular flexibility index (Phi) is 5.54. The number of Topliss-reactive ketones (excluding diaryl/α,β-unsaturated/α-hetero) is 1. The SMILES string of the molecule is CC#C/C=C(C)\C=C/CC(=O)c1ccccc1. The summed E-state index contributed by atoms with van der Waals surface area (Å²) in [7, 11) is 0. The van der Waals surface area contributed by atoms with E-state index in [-0.39, 0.29) is 5.78 Å². The Balaban J connectivity index is 2.54. The molecule has 1 aromatic rings. The summed E-state index contributed by atoms with van der Waals surface area (Å²) in [4.78, 5) is 11.7. The lowest BCUT2D eigenvalue weighted by Gasteiger charge is -1.96. The maximum Gasteiger partial charge on any atom is 0.166 e. The van der Waals surface area contributed by atoms with Gasteiger partial charge in [0.15, 0.2) is 5.78 Å². The summed E-state index contributed by atoms with van der Waals surface area (Å²) in [6, 6.07) is 9.32. The average Bonchev–Trinajstić information content (AvgIpc) is 2.37. The highest BCUT2D eigenvalue weighted by molar-refractivity contribution is 5.96. The van der Waals surface area contributed by atoms with E-state index in [1.165, 1.54) is 0 Å². The summed E-state index contributed by atoms with van der Waals surface area (Å²) in [5.41, 5.74) is 1.81. The first-order valence-corrected chi connectivity index (χ1v) is 5.58. The van der Waals surface area contributed by atoms with Gasteiger partial charge in [-0.15, -0.1) is 5.92 Å². The van der Waals surface area contributed by atoms with Crippen LogP contribution in [0.3, 0.4) is 0 Å². The number of rotatable bonds is 4. The summed E-state index contributed by atoms with van der Waals surface area (Å²) < 4.78 is 0. The maximum absolute atomic E-state index is 11.7. The molecule has 1 aromatic carbocycles. The molecule has 0 bridgehead atoms. The van der Waals surface area contributed by atoms with Crippen LogP contribution in [0.2, 0.25) is 0 Å². The molecule has 0 aliphatic rings. The second-order valence-electron chi connectivity index (χ2n) is 3.68. The van der Waals surface area contributed by atoms with Crippen LogP contribution in [-0.2, 0) is 0 Å². The maximum atomic E-state index is 11.7. The van der Waals surface area contributed by atoms with E-state index in [0.29, 0.717) is 6.42 Å². The van der Waals surface area contributed by atoms with Crippen LogP contribution in [0.4, 0.5) is 0 Å². The Hall–Kier alpha value is -2.07. The zero-order valence-corrected chi connectivity index (χ0v) is 10.2. The largest absolute Gasteiger partial charge is 0.294 e. The van der Waals surface area contributed by atoms with Crippen molar-refractivity contribution in [3.63, 3.8) is 0 Å². The van der Waals surface area contributed by atoms with Crippen molar-refractivity contribution in [2.45, 2.75) is 20.3 Å². The number of ketones is 1. The Morgan fingerprint density at radius 1 is 1.29 bits per heavy atom. The van der Waals surface area contributed by atoms with E-state index in [0.717, 1.165) is 11.1 Å². The molecule has 0 radical (unpaired) electrons. The fourth-order valence-corrected chi connectivity index (χ4v) is 1.33. The molecular formula is C16H16O. The van der Waals surface area contributed by atoms with Crippen molar-refractivity contribution in [1.82, 2.24) is 0 Å². The predicted octanol–water partition coefficient (Wildman–Crippen LogP) is 3.79. The number of carbonyl (C=O) groups excluding carboxylic acids is 1. The van der Waals surface area contributed by atoms with Crippen LogP contribution in [0.1, 0.15) is 30.6 Å².